The van der Waals surface area contributed by atoms with Crippen LogP contribution in [0, 0.1) is 0 Å². The molecule has 0 aromatic rings. The molecular weight excluding hydrogens is 428 g/mol. The van der Waals surface area contributed by atoms with Gasteiger partial charge in [-0.05, 0) is 25.7 Å². The summed E-state index contributed by atoms with van der Waals surface area (Å²) >= 11 is 0. The maximum atomic E-state index is 11.5. The van der Waals surface area contributed by atoms with Gasteiger partial charge in [-0.1, -0.05) is 168 Å². The molecule has 0 spiro atoms. The topological polar surface area (TPSA) is 26.3 Å². The molecule has 0 bridgehead atoms. The molecule has 35 heavy (non-hydrogen) atoms. The average Bonchev–Trinajstić information content (AvgIpc) is 2.84. The molecular formula is C33H66O2. The van der Waals surface area contributed by atoms with Gasteiger partial charge in [0, 0.05) is 6.92 Å². The third-order valence-electron chi connectivity index (χ3n) is 7.59. The predicted octanol–water partition coefficient (Wildman–Crippen LogP) is 11.9. The molecule has 0 aliphatic heterocycles. The van der Waals surface area contributed by atoms with E-state index in [4.69, 9.17) is 4.74 Å². The molecule has 0 aliphatic rings. The molecule has 1 atom stereocenters. The van der Waals surface area contributed by atoms with Gasteiger partial charge in [0.15, 0.2) is 0 Å². The molecule has 0 aromatic carbocycles. The van der Waals surface area contributed by atoms with E-state index in [-0.39, 0.29) is 12.1 Å². The third kappa shape index (κ3) is 29.6. The summed E-state index contributed by atoms with van der Waals surface area (Å²) in [6.07, 6.45) is 38.4. The van der Waals surface area contributed by atoms with E-state index < -0.39 is 0 Å². The number of carbonyl (C=O) groups excluding carboxylic acids is 1. The van der Waals surface area contributed by atoms with E-state index in [0.29, 0.717) is 0 Å². The molecule has 0 amide bonds. The average molecular weight is 495 g/mol. The minimum absolute atomic E-state index is 0.0992. The maximum Gasteiger partial charge on any atom is 0.302 e. The molecule has 210 valence electrons. The summed E-state index contributed by atoms with van der Waals surface area (Å²) in [6.45, 7) is 6.14. The van der Waals surface area contributed by atoms with Gasteiger partial charge in [-0.3, -0.25) is 4.79 Å². The fourth-order valence-corrected chi connectivity index (χ4v) is 5.28. The molecule has 0 heterocycles. The van der Waals surface area contributed by atoms with E-state index in [2.05, 4.69) is 13.8 Å². The van der Waals surface area contributed by atoms with Crippen LogP contribution in [-0.2, 0) is 9.53 Å². The lowest BCUT2D eigenvalue weighted by Gasteiger charge is -2.17. The Kier molecular flexibility index (Phi) is 29.2. The van der Waals surface area contributed by atoms with E-state index in [1.165, 1.54) is 167 Å². The molecule has 0 radical (unpaired) electrons. The highest BCUT2D eigenvalue weighted by molar-refractivity contribution is 5.66. The molecule has 0 unspecified atom stereocenters. The smallest absolute Gasteiger partial charge is 0.302 e. The van der Waals surface area contributed by atoms with Crippen molar-refractivity contribution in [2.45, 2.75) is 207 Å². The van der Waals surface area contributed by atoms with Gasteiger partial charge in [0.2, 0.25) is 0 Å². The van der Waals surface area contributed by atoms with Gasteiger partial charge in [-0.25, -0.2) is 0 Å². The van der Waals surface area contributed by atoms with Crippen LogP contribution in [0.25, 0.3) is 0 Å². The van der Waals surface area contributed by atoms with Crippen LogP contribution < -0.4 is 0 Å². The first-order chi connectivity index (χ1) is 17.2. The van der Waals surface area contributed by atoms with Crippen molar-refractivity contribution in [2.75, 3.05) is 0 Å². The number of rotatable bonds is 29. The van der Waals surface area contributed by atoms with Crippen molar-refractivity contribution >= 4 is 5.97 Å². The van der Waals surface area contributed by atoms with Crippen molar-refractivity contribution in [1.29, 1.82) is 0 Å². The maximum absolute atomic E-state index is 11.5. The number of carbonyl (C=O) groups is 1. The van der Waals surface area contributed by atoms with Crippen LogP contribution in [0.15, 0.2) is 0 Å². The Balaban J connectivity index is 3.45. The van der Waals surface area contributed by atoms with Gasteiger partial charge >= 0.3 is 5.97 Å². The van der Waals surface area contributed by atoms with Crippen molar-refractivity contribution in [3.05, 3.63) is 0 Å². The van der Waals surface area contributed by atoms with E-state index >= 15 is 0 Å². The standard InChI is InChI=1S/C33H66O2/c1-4-6-8-10-12-14-15-16-17-18-19-20-21-23-25-27-29-31-33(35-32(3)34)30-28-26-24-22-13-11-9-7-5-2/h33H,4-31H2,1-3H3/t33-/m0/s1. The lowest BCUT2D eigenvalue weighted by Crippen LogP contribution is -2.16. The second-order valence-electron chi connectivity index (χ2n) is 11.3. The van der Waals surface area contributed by atoms with Gasteiger partial charge in [0.25, 0.3) is 0 Å². The molecule has 0 aliphatic carbocycles. The summed E-state index contributed by atoms with van der Waals surface area (Å²) in [4.78, 5) is 11.5. The van der Waals surface area contributed by atoms with Gasteiger partial charge < -0.3 is 4.74 Å². The Morgan fingerprint density at radius 1 is 0.429 bits per heavy atom. The SMILES string of the molecule is CCCCCCCCCCCCCCCCCCC[C@H](CCCCCCCCCCC)OC(C)=O. The highest BCUT2D eigenvalue weighted by Crippen LogP contribution is 2.18. The highest BCUT2D eigenvalue weighted by atomic mass is 16.5. The predicted molar refractivity (Wildman–Crippen MR) is 156 cm³/mol. The zero-order valence-electron chi connectivity index (χ0n) is 24.7. The molecule has 0 saturated heterocycles. The van der Waals surface area contributed by atoms with Crippen molar-refractivity contribution in [1.82, 2.24) is 0 Å². The summed E-state index contributed by atoms with van der Waals surface area (Å²) < 4.78 is 5.61. The second-order valence-corrected chi connectivity index (χ2v) is 11.3. The number of hydrogen-bond acceptors (Lipinski definition) is 2. The molecule has 0 rings (SSSR count). The van der Waals surface area contributed by atoms with E-state index in [0.717, 1.165) is 12.8 Å². The van der Waals surface area contributed by atoms with Crippen molar-refractivity contribution in [3.8, 4) is 0 Å². The van der Waals surface area contributed by atoms with Crippen LogP contribution in [0.5, 0.6) is 0 Å². The van der Waals surface area contributed by atoms with Gasteiger partial charge in [-0.15, -0.1) is 0 Å². The largest absolute Gasteiger partial charge is 0.463 e. The Morgan fingerprint density at radius 2 is 0.657 bits per heavy atom. The van der Waals surface area contributed by atoms with Gasteiger partial charge in [0.05, 0.1) is 0 Å². The van der Waals surface area contributed by atoms with Crippen LogP contribution in [0.2, 0.25) is 0 Å². The van der Waals surface area contributed by atoms with Crippen LogP contribution in [0.1, 0.15) is 201 Å². The molecule has 0 saturated carbocycles. The zero-order chi connectivity index (χ0) is 25.7. The Morgan fingerprint density at radius 3 is 0.886 bits per heavy atom. The Hall–Kier alpha value is -0.530. The first-order valence-electron chi connectivity index (χ1n) is 16.4. The molecule has 0 N–H and O–H groups in total. The fraction of sp³-hybridized carbons (Fsp3) is 0.970. The Bertz CT molecular complexity index is 406. The van der Waals surface area contributed by atoms with E-state index in [1.54, 1.807) is 6.92 Å². The summed E-state index contributed by atoms with van der Waals surface area (Å²) in [6, 6.07) is 0. The monoisotopic (exact) mass is 495 g/mol. The zero-order valence-corrected chi connectivity index (χ0v) is 24.7. The van der Waals surface area contributed by atoms with Crippen LogP contribution >= 0.6 is 0 Å². The normalized spacial score (nSPS) is 12.2. The van der Waals surface area contributed by atoms with Crippen LogP contribution in [0.3, 0.4) is 0 Å². The van der Waals surface area contributed by atoms with Crippen molar-refractivity contribution < 1.29 is 9.53 Å². The quantitative estimate of drug-likeness (QED) is 0.0763. The molecule has 2 nitrogen and oxygen atoms in total. The van der Waals surface area contributed by atoms with E-state index in [1.807, 2.05) is 0 Å². The fourth-order valence-electron chi connectivity index (χ4n) is 5.28. The highest BCUT2D eigenvalue weighted by Gasteiger charge is 2.11. The van der Waals surface area contributed by atoms with Crippen LogP contribution in [-0.4, -0.2) is 12.1 Å². The first kappa shape index (κ1) is 34.5. The summed E-state index contributed by atoms with van der Waals surface area (Å²) in [5.41, 5.74) is 0. The minimum Gasteiger partial charge on any atom is -0.463 e. The number of hydrogen-bond donors (Lipinski definition) is 0. The van der Waals surface area contributed by atoms with Crippen molar-refractivity contribution in [2.24, 2.45) is 0 Å². The minimum atomic E-state index is -0.0992. The number of esters is 1. The molecule has 0 aromatic heterocycles. The number of ether oxygens (including phenoxy) is 1. The van der Waals surface area contributed by atoms with Gasteiger partial charge in [0.1, 0.15) is 6.10 Å². The van der Waals surface area contributed by atoms with Crippen molar-refractivity contribution in [3.63, 3.8) is 0 Å². The first-order valence-corrected chi connectivity index (χ1v) is 16.4. The lowest BCUT2D eigenvalue weighted by molar-refractivity contribution is -0.147. The van der Waals surface area contributed by atoms with E-state index in [9.17, 15) is 4.79 Å². The Labute approximate surface area is 222 Å². The third-order valence-corrected chi connectivity index (χ3v) is 7.59. The second kappa shape index (κ2) is 29.7. The van der Waals surface area contributed by atoms with Crippen LogP contribution in [0.4, 0.5) is 0 Å². The lowest BCUT2D eigenvalue weighted by atomic mass is 10.0. The number of unbranched alkanes of at least 4 members (excludes halogenated alkanes) is 24. The molecule has 2 heteroatoms. The molecule has 0 fully saturated rings. The van der Waals surface area contributed by atoms with Gasteiger partial charge in [-0.2, -0.15) is 0 Å². The summed E-state index contributed by atoms with van der Waals surface area (Å²) in [7, 11) is 0. The summed E-state index contributed by atoms with van der Waals surface area (Å²) in [5.74, 6) is -0.0992. The summed E-state index contributed by atoms with van der Waals surface area (Å²) in [5, 5.41) is 0.